The number of benzene rings is 2. The number of carbonyl (C=O) groups is 2. The van der Waals surface area contributed by atoms with E-state index >= 15 is 0 Å². The summed E-state index contributed by atoms with van der Waals surface area (Å²) < 4.78 is 7.84. The maximum absolute atomic E-state index is 13.7. The lowest BCUT2D eigenvalue weighted by molar-refractivity contribution is -0.133. The molecule has 194 valence electrons. The van der Waals surface area contributed by atoms with Gasteiger partial charge in [0, 0.05) is 62.3 Å². The maximum Gasteiger partial charge on any atom is 0.256 e. The molecule has 0 spiro atoms. The largest absolute Gasteiger partial charge is 0.493 e. The molecule has 2 amide bonds. The van der Waals surface area contributed by atoms with Gasteiger partial charge in [-0.1, -0.05) is 35.9 Å². The topological polar surface area (TPSA) is 58.0 Å². The van der Waals surface area contributed by atoms with Crippen molar-refractivity contribution in [3.63, 3.8) is 0 Å². The molecule has 2 aromatic carbocycles. The molecule has 3 aliphatic heterocycles. The number of hydrogen-bond acceptors (Lipinski definition) is 4. The number of halogens is 1. The summed E-state index contributed by atoms with van der Waals surface area (Å²) in [6, 6.07) is 12.0. The van der Waals surface area contributed by atoms with Crippen LogP contribution in [-0.2, 0) is 17.8 Å². The molecular formula is C29H33ClN4O3. The number of aromatic nitrogens is 1. The third-order valence-electron chi connectivity index (χ3n) is 8.20. The van der Waals surface area contributed by atoms with E-state index in [-0.39, 0.29) is 18.4 Å². The Morgan fingerprint density at radius 1 is 1.00 bits per heavy atom. The minimum Gasteiger partial charge on any atom is -0.493 e. The van der Waals surface area contributed by atoms with Crippen LogP contribution in [-0.4, -0.2) is 84.0 Å². The van der Waals surface area contributed by atoms with E-state index in [1.165, 1.54) is 11.1 Å². The van der Waals surface area contributed by atoms with Crippen molar-refractivity contribution >= 4 is 34.3 Å². The van der Waals surface area contributed by atoms with Crippen molar-refractivity contribution in [3.8, 4) is 5.75 Å². The summed E-state index contributed by atoms with van der Waals surface area (Å²) in [4.78, 5) is 32.9. The van der Waals surface area contributed by atoms with Crippen molar-refractivity contribution in [1.82, 2.24) is 19.3 Å². The van der Waals surface area contributed by atoms with E-state index in [0.717, 1.165) is 68.7 Å². The Balaban J connectivity index is 1.20. The van der Waals surface area contributed by atoms with Gasteiger partial charge in [0.1, 0.15) is 12.3 Å². The van der Waals surface area contributed by atoms with Gasteiger partial charge >= 0.3 is 0 Å². The average Bonchev–Trinajstić information content (AvgIpc) is 3.53. The highest BCUT2D eigenvalue weighted by Gasteiger charge is 2.30. The van der Waals surface area contributed by atoms with E-state index in [4.69, 9.17) is 16.3 Å². The van der Waals surface area contributed by atoms with Crippen molar-refractivity contribution in [3.05, 3.63) is 64.3 Å². The fourth-order valence-corrected chi connectivity index (χ4v) is 6.16. The highest BCUT2D eigenvalue weighted by molar-refractivity contribution is 6.31. The Kier molecular flexibility index (Phi) is 6.59. The maximum atomic E-state index is 13.7. The van der Waals surface area contributed by atoms with Crippen LogP contribution in [0.5, 0.6) is 5.75 Å². The SMILES string of the molecule is CN1CCN(C(=O)Cn2cc(C(=O)N3CCC(c4cccc5c4OCC5)CC3)c3ccc(Cl)cc32)CC1. The number of fused-ring (bicyclic) bond motifs is 2. The first-order valence-electron chi connectivity index (χ1n) is 13.3. The van der Waals surface area contributed by atoms with Crippen LogP contribution in [0.25, 0.3) is 10.9 Å². The molecule has 0 unspecified atom stereocenters. The van der Waals surface area contributed by atoms with Crippen molar-refractivity contribution in [2.45, 2.75) is 31.7 Å². The van der Waals surface area contributed by atoms with Gasteiger partial charge in [0.25, 0.3) is 5.91 Å². The summed E-state index contributed by atoms with van der Waals surface area (Å²) in [6.07, 6.45) is 4.66. The Hall–Kier alpha value is -3.03. The second-order valence-corrected chi connectivity index (χ2v) is 11.0. The van der Waals surface area contributed by atoms with Gasteiger partial charge in [0.2, 0.25) is 5.91 Å². The standard InChI is InChI=1S/C29H33ClN4O3/c1-31-12-14-32(15-13-31)27(35)19-34-18-25(24-6-5-22(30)17-26(24)34)29(36)33-10-7-20(8-11-33)23-4-2-3-21-9-16-37-28(21)23/h2-6,17-18,20H,7-16,19H2,1H3. The zero-order chi connectivity index (χ0) is 25.5. The van der Waals surface area contributed by atoms with Crippen LogP contribution >= 0.6 is 11.6 Å². The Morgan fingerprint density at radius 2 is 1.78 bits per heavy atom. The van der Waals surface area contributed by atoms with E-state index in [2.05, 4.69) is 30.1 Å². The number of rotatable bonds is 4. The minimum atomic E-state index is 0.0195. The first kappa shape index (κ1) is 24.3. The van der Waals surface area contributed by atoms with Gasteiger partial charge in [-0.05, 0) is 49.1 Å². The molecule has 0 radical (unpaired) electrons. The summed E-state index contributed by atoms with van der Waals surface area (Å²) in [6.45, 7) is 5.58. The van der Waals surface area contributed by atoms with E-state index in [9.17, 15) is 9.59 Å². The molecule has 0 bridgehead atoms. The predicted octanol–water partition coefficient (Wildman–Crippen LogP) is 4.02. The van der Waals surface area contributed by atoms with Gasteiger partial charge < -0.3 is 24.0 Å². The molecule has 0 aliphatic carbocycles. The fourth-order valence-electron chi connectivity index (χ4n) is 5.99. The van der Waals surface area contributed by atoms with Gasteiger partial charge in [0.15, 0.2) is 0 Å². The number of piperazine rings is 1. The third kappa shape index (κ3) is 4.71. The zero-order valence-electron chi connectivity index (χ0n) is 21.3. The Bertz CT molecular complexity index is 1340. The molecule has 8 heteroatoms. The minimum absolute atomic E-state index is 0.0195. The first-order chi connectivity index (χ1) is 18.0. The number of likely N-dealkylation sites (tertiary alicyclic amines) is 1. The zero-order valence-corrected chi connectivity index (χ0v) is 22.0. The lowest BCUT2D eigenvalue weighted by Gasteiger charge is -2.33. The molecule has 2 saturated heterocycles. The van der Waals surface area contributed by atoms with Gasteiger partial charge in [-0.25, -0.2) is 0 Å². The third-order valence-corrected chi connectivity index (χ3v) is 8.44. The molecule has 0 saturated carbocycles. The highest BCUT2D eigenvalue weighted by Crippen LogP contribution is 2.39. The molecule has 37 heavy (non-hydrogen) atoms. The number of carbonyl (C=O) groups excluding carboxylic acids is 2. The Labute approximate surface area is 222 Å². The lowest BCUT2D eigenvalue weighted by atomic mass is 9.87. The molecule has 4 heterocycles. The van der Waals surface area contributed by atoms with Crippen LogP contribution in [0.4, 0.5) is 0 Å². The number of nitrogens with zero attached hydrogens (tertiary/aromatic N) is 4. The van der Waals surface area contributed by atoms with Crippen LogP contribution in [0, 0.1) is 0 Å². The molecular weight excluding hydrogens is 488 g/mol. The van der Waals surface area contributed by atoms with E-state index in [0.29, 0.717) is 29.6 Å². The van der Waals surface area contributed by atoms with Gasteiger partial charge in [-0.3, -0.25) is 9.59 Å². The normalized spacial score (nSPS) is 18.8. The number of piperidine rings is 1. The molecule has 3 aliphatic rings. The van der Waals surface area contributed by atoms with Crippen molar-refractivity contribution < 1.29 is 14.3 Å². The second-order valence-electron chi connectivity index (χ2n) is 10.5. The molecule has 1 aromatic heterocycles. The van der Waals surface area contributed by atoms with Gasteiger partial charge in [-0.2, -0.15) is 0 Å². The van der Waals surface area contributed by atoms with Crippen molar-refractivity contribution in [2.75, 3.05) is 52.9 Å². The summed E-state index contributed by atoms with van der Waals surface area (Å²) in [7, 11) is 2.07. The number of amides is 2. The summed E-state index contributed by atoms with van der Waals surface area (Å²) >= 11 is 6.32. The van der Waals surface area contributed by atoms with Crippen LogP contribution in [0.15, 0.2) is 42.6 Å². The molecule has 3 aromatic rings. The molecule has 7 nitrogen and oxygen atoms in total. The van der Waals surface area contributed by atoms with Gasteiger partial charge in [-0.15, -0.1) is 0 Å². The fraction of sp³-hybridized carbons (Fsp3) is 0.448. The molecule has 2 fully saturated rings. The summed E-state index contributed by atoms with van der Waals surface area (Å²) in [5.41, 5.74) is 4.05. The molecule has 0 atom stereocenters. The second kappa shape index (κ2) is 10.0. The number of ether oxygens (including phenoxy) is 1. The smallest absolute Gasteiger partial charge is 0.256 e. The number of hydrogen-bond donors (Lipinski definition) is 0. The van der Waals surface area contributed by atoms with Crippen LogP contribution in [0.2, 0.25) is 5.02 Å². The van der Waals surface area contributed by atoms with E-state index < -0.39 is 0 Å². The Morgan fingerprint density at radius 3 is 2.57 bits per heavy atom. The predicted molar refractivity (Wildman–Crippen MR) is 145 cm³/mol. The molecule has 0 N–H and O–H groups in total. The van der Waals surface area contributed by atoms with E-state index in [1.54, 1.807) is 0 Å². The first-order valence-corrected chi connectivity index (χ1v) is 13.6. The van der Waals surface area contributed by atoms with Crippen molar-refractivity contribution in [1.29, 1.82) is 0 Å². The van der Waals surface area contributed by atoms with Crippen LogP contribution in [0.3, 0.4) is 0 Å². The summed E-state index contributed by atoms with van der Waals surface area (Å²) in [5.74, 6) is 1.56. The average molecular weight is 521 g/mol. The van der Waals surface area contributed by atoms with Crippen molar-refractivity contribution in [2.24, 2.45) is 0 Å². The lowest BCUT2D eigenvalue weighted by Crippen LogP contribution is -2.48. The monoisotopic (exact) mass is 520 g/mol. The number of para-hydroxylation sites is 1. The molecule has 6 rings (SSSR count). The summed E-state index contributed by atoms with van der Waals surface area (Å²) in [5, 5.41) is 1.44. The van der Waals surface area contributed by atoms with E-state index in [1.807, 2.05) is 38.8 Å². The van der Waals surface area contributed by atoms with Crippen LogP contribution in [0.1, 0.15) is 40.2 Å². The van der Waals surface area contributed by atoms with Gasteiger partial charge in [0.05, 0.1) is 17.7 Å². The highest BCUT2D eigenvalue weighted by atomic mass is 35.5. The van der Waals surface area contributed by atoms with Crippen LogP contribution < -0.4 is 4.74 Å². The number of likely N-dealkylation sites (N-methyl/N-ethyl adjacent to an activating group) is 1. The quantitative estimate of drug-likeness (QED) is 0.521.